The molecule has 1 aromatic heterocycles. The molecule has 0 fully saturated rings. The van der Waals surface area contributed by atoms with Gasteiger partial charge in [0.05, 0.1) is 23.3 Å². The van der Waals surface area contributed by atoms with Gasteiger partial charge in [-0.1, -0.05) is 24.3 Å². The van der Waals surface area contributed by atoms with Crippen LogP contribution in [0.1, 0.15) is 22.2 Å². The highest BCUT2D eigenvalue weighted by atomic mass is 19.1. The van der Waals surface area contributed by atoms with Crippen LogP contribution in [0.3, 0.4) is 0 Å². The second-order valence-corrected chi connectivity index (χ2v) is 5.21. The summed E-state index contributed by atoms with van der Waals surface area (Å²) in [6.07, 6.45) is -0.0942. The number of aliphatic hydroxyl groups excluding tert-OH is 1. The van der Waals surface area contributed by atoms with Gasteiger partial charge in [-0.2, -0.15) is 5.26 Å². The molecule has 0 aliphatic carbocycles. The molecule has 0 bridgehead atoms. The number of Topliss-reactive ketones (excluding diaryl/α,β-unsaturated/α-hetero) is 1. The van der Waals surface area contributed by atoms with Gasteiger partial charge in [0.2, 0.25) is 5.78 Å². The van der Waals surface area contributed by atoms with E-state index < -0.39 is 23.6 Å². The second kappa shape index (κ2) is 6.52. The van der Waals surface area contributed by atoms with Crippen LogP contribution in [0.25, 0.3) is 11.0 Å². The second-order valence-electron chi connectivity index (χ2n) is 5.21. The van der Waals surface area contributed by atoms with Crippen molar-refractivity contribution in [1.82, 2.24) is 9.97 Å². The predicted molar refractivity (Wildman–Crippen MR) is 84.3 cm³/mol. The molecule has 3 aromatic rings. The fraction of sp³-hybridized carbons (Fsp3) is 0.111. The third-order valence-electron chi connectivity index (χ3n) is 3.65. The van der Waals surface area contributed by atoms with Gasteiger partial charge in [0.25, 0.3) is 0 Å². The molecule has 24 heavy (non-hydrogen) atoms. The van der Waals surface area contributed by atoms with E-state index >= 15 is 0 Å². The number of hydrogen-bond acceptors (Lipinski definition) is 5. The normalized spacial score (nSPS) is 13.2. The number of aromatic nitrogens is 2. The largest absolute Gasteiger partial charge is 0.387 e. The molecule has 118 valence electrons. The van der Waals surface area contributed by atoms with Crippen molar-refractivity contribution in [3.63, 3.8) is 0 Å². The number of nitrogens with zero attached hydrogens (tertiary/aromatic N) is 3. The van der Waals surface area contributed by atoms with Crippen molar-refractivity contribution in [2.75, 3.05) is 0 Å². The minimum atomic E-state index is -1.38. The number of hydrogen-bond donors (Lipinski definition) is 1. The van der Waals surface area contributed by atoms with E-state index in [1.165, 1.54) is 18.3 Å². The fourth-order valence-corrected chi connectivity index (χ4v) is 2.36. The summed E-state index contributed by atoms with van der Waals surface area (Å²) in [4.78, 5) is 20.9. The van der Waals surface area contributed by atoms with E-state index in [1.54, 1.807) is 30.3 Å². The summed E-state index contributed by atoms with van der Waals surface area (Å²) in [5.74, 6) is -2.45. The summed E-state index contributed by atoms with van der Waals surface area (Å²) in [5, 5.41) is 19.6. The van der Waals surface area contributed by atoms with E-state index in [-0.39, 0.29) is 11.3 Å². The Morgan fingerprint density at radius 2 is 1.79 bits per heavy atom. The molecule has 0 radical (unpaired) electrons. The number of fused-ring (bicyclic) bond motifs is 1. The average molecular weight is 321 g/mol. The van der Waals surface area contributed by atoms with Crippen LogP contribution in [0.4, 0.5) is 4.39 Å². The van der Waals surface area contributed by atoms with Crippen LogP contribution in [-0.4, -0.2) is 20.9 Å². The van der Waals surface area contributed by atoms with E-state index in [9.17, 15) is 19.6 Å². The summed E-state index contributed by atoms with van der Waals surface area (Å²) in [5.41, 5.74) is 1.43. The number of carbonyl (C=O) groups is 1. The molecule has 0 saturated carbocycles. The first kappa shape index (κ1) is 15.7. The molecule has 0 aliphatic heterocycles. The molecule has 0 amide bonds. The third kappa shape index (κ3) is 2.98. The number of carbonyl (C=O) groups excluding carboxylic acids is 1. The lowest BCUT2D eigenvalue weighted by atomic mass is 9.92. The minimum absolute atomic E-state index is 0.00131. The predicted octanol–water partition coefficient (Wildman–Crippen LogP) is 2.82. The zero-order chi connectivity index (χ0) is 17.1. The smallest absolute Gasteiger partial charge is 0.202 e. The molecular formula is C18H12FN3O2. The Labute approximate surface area is 137 Å². The molecule has 0 spiro atoms. The highest BCUT2D eigenvalue weighted by Gasteiger charge is 2.30. The van der Waals surface area contributed by atoms with Gasteiger partial charge in [-0.05, 0) is 29.8 Å². The number of halogens is 1. The van der Waals surface area contributed by atoms with Gasteiger partial charge in [0.1, 0.15) is 23.5 Å². The first-order chi connectivity index (χ1) is 11.6. The zero-order valence-electron chi connectivity index (χ0n) is 12.4. The van der Waals surface area contributed by atoms with Crippen LogP contribution in [0.5, 0.6) is 0 Å². The van der Waals surface area contributed by atoms with E-state index in [0.29, 0.717) is 11.0 Å². The van der Waals surface area contributed by atoms with Crippen molar-refractivity contribution in [1.29, 1.82) is 5.26 Å². The van der Waals surface area contributed by atoms with E-state index in [1.807, 2.05) is 0 Å². The molecule has 2 unspecified atom stereocenters. The number of para-hydroxylation sites is 2. The van der Waals surface area contributed by atoms with Gasteiger partial charge >= 0.3 is 0 Å². The fourth-order valence-electron chi connectivity index (χ4n) is 2.36. The van der Waals surface area contributed by atoms with Gasteiger partial charge < -0.3 is 5.11 Å². The monoisotopic (exact) mass is 321 g/mol. The van der Waals surface area contributed by atoms with Gasteiger partial charge in [0, 0.05) is 0 Å². The number of ketones is 1. The van der Waals surface area contributed by atoms with Gasteiger partial charge in [-0.3, -0.25) is 9.78 Å². The quantitative estimate of drug-likeness (QED) is 0.747. The molecule has 2 atom stereocenters. The van der Waals surface area contributed by atoms with Crippen molar-refractivity contribution in [3.8, 4) is 6.07 Å². The Balaban J connectivity index is 1.92. The van der Waals surface area contributed by atoms with Gasteiger partial charge in [0.15, 0.2) is 0 Å². The lowest BCUT2D eigenvalue weighted by Crippen LogP contribution is -2.22. The Bertz CT molecular complexity index is 935. The maximum absolute atomic E-state index is 13.0. The molecule has 2 aromatic carbocycles. The summed E-state index contributed by atoms with van der Waals surface area (Å²) < 4.78 is 13.0. The summed E-state index contributed by atoms with van der Waals surface area (Å²) >= 11 is 0. The van der Waals surface area contributed by atoms with Crippen LogP contribution in [0.15, 0.2) is 54.7 Å². The van der Waals surface area contributed by atoms with Crippen molar-refractivity contribution >= 4 is 16.8 Å². The number of aliphatic hydroxyl groups is 1. The maximum Gasteiger partial charge on any atom is 0.202 e. The summed E-state index contributed by atoms with van der Waals surface area (Å²) in [6, 6.07) is 13.8. The third-order valence-corrected chi connectivity index (χ3v) is 3.65. The topological polar surface area (TPSA) is 86.9 Å². The number of rotatable bonds is 4. The number of nitriles is 1. The van der Waals surface area contributed by atoms with Gasteiger partial charge in [-0.15, -0.1) is 0 Å². The Kier molecular flexibility index (Phi) is 4.27. The lowest BCUT2D eigenvalue weighted by molar-refractivity contribution is 0.0771. The van der Waals surface area contributed by atoms with Crippen molar-refractivity contribution in [2.45, 2.75) is 6.10 Å². The zero-order valence-corrected chi connectivity index (χ0v) is 12.4. The standard InChI is InChI=1S/C18H12FN3O2/c19-12-7-5-11(6-8-12)17(23)13(9-20)18(24)16-10-21-14-3-1-2-4-15(14)22-16/h1-8,10,13,17,23H. The molecule has 6 heteroatoms. The first-order valence-corrected chi connectivity index (χ1v) is 7.19. The van der Waals surface area contributed by atoms with E-state index in [4.69, 9.17) is 0 Å². The van der Waals surface area contributed by atoms with Crippen LogP contribution in [0.2, 0.25) is 0 Å². The van der Waals surface area contributed by atoms with Crippen molar-refractivity contribution < 1.29 is 14.3 Å². The summed E-state index contributed by atoms with van der Waals surface area (Å²) in [7, 11) is 0. The highest BCUT2D eigenvalue weighted by molar-refractivity contribution is 5.99. The SMILES string of the molecule is N#CC(C(=O)c1cnc2ccccc2n1)C(O)c1ccc(F)cc1. The minimum Gasteiger partial charge on any atom is -0.387 e. The summed E-state index contributed by atoms with van der Waals surface area (Å²) in [6.45, 7) is 0. The number of benzene rings is 2. The Morgan fingerprint density at radius 3 is 2.46 bits per heavy atom. The molecular weight excluding hydrogens is 309 g/mol. The van der Waals surface area contributed by atoms with Crippen molar-refractivity contribution in [2.24, 2.45) is 5.92 Å². The highest BCUT2D eigenvalue weighted by Crippen LogP contribution is 2.25. The molecule has 1 heterocycles. The van der Waals surface area contributed by atoms with Crippen LogP contribution >= 0.6 is 0 Å². The maximum atomic E-state index is 13.0. The Hall–Kier alpha value is -3.17. The molecule has 3 rings (SSSR count). The lowest BCUT2D eigenvalue weighted by Gasteiger charge is -2.15. The van der Waals surface area contributed by atoms with E-state index in [0.717, 1.165) is 12.1 Å². The van der Waals surface area contributed by atoms with Crippen LogP contribution in [-0.2, 0) is 0 Å². The Morgan fingerprint density at radius 1 is 1.12 bits per heavy atom. The van der Waals surface area contributed by atoms with Crippen molar-refractivity contribution in [3.05, 3.63) is 71.8 Å². The molecule has 1 N–H and O–H groups in total. The molecule has 5 nitrogen and oxygen atoms in total. The van der Waals surface area contributed by atoms with E-state index in [2.05, 4.69) is 9.97 Å². The van der Waals surface area contributed by atoms with Crippen LogP contribution < -0.4 is 0 Å². The first-order valence-electron chi connectivity index (χ1n) is 7.19. The molecule has 0 aliphatic rings. The molecule has 0 saturated heterocycles. The average Bonchev–Trinajstić information content (AvgIpc) is 2.62. The van der Waals surface area contributed by atoms with Crippen LogP contribution in [0, 0.1) is 23.1 Å². The van der Waals surface area contributed by atoms with Gasteiger partial charge in [-0.25, -0.2) is 9.37 Å².